The summed E-state index contributed by atoms with van der Waals surface area (Å²) in [7, 11) is 2.24. The third-order valence-corrected chi connectivity index (χ3v) is 4.18. The van der Waals surface area contributed by atoms with E-state index < -0.39 is 0 Å². The first-order chi connectivity index (χ1) is 8.19. The van der Waals surface area contributed by atoms with E-state index in [4.69, 9.17) is 10.5 Å². The molecule has 1 aliphatic rings. The van der Waals surface area contributed by atoms with E-state index in [9.17, 15) is 0 Å². The average Bonchev–Trinajstić information content (AvgIpc) is 2.74. The normalized spacial score (nSPS) is 26.6. The van der Waals surface area contributed by atoms with Crippen molar-refractivity contribution >= 4 is 0 Å². The zero-order valence-corrected chi connectivity index (χ0v) is 11.8. The first-order valence-corrected chi connectivity index (χ1v) is 7.21. The second-order valence-corrected chi connectivity index (χ2v) is 5.41. The van der Waals surface area contributed by atoms with Crippen LogP contribution in [0.25, 0.3) is 0 Å². The van der Waals surface area contributed by atoms with Crippen LogP contribution in [0.2, 0.25) is 0 Å². The molecule has 1 rings (SSSR count). The number of nitrogens with zero attached hydrogens (tertiary/aromatic N) is 1. The number of rotatable bonds is 8. The predicted molar refractivity (Wildman–Crippen MR) is 73.1 cm³/mol. The summed E-state index contributed by atoms with van der Waals surface area (Å²) in [5, 5.41) is 0. The van der Waals surface area contributed by atoms with Crippen LogP contribution in [0, 0.1) is 5.92 Å². The fraction of sp³-hybridized carbons (Fsp3) is 1.00. The highest BCUT2D eigenvalue weighted by Gasteiger charge is 2.27. The van der Waals surface area contributed by atoms with Crippen molar-refractivity contribution in [2.45, 2.75) is 58.1 Å². The Morgan fingerprint density at radius 1 is 1.41 bits per heavy atom. The molecule has 102 valence electrons. The standard InChI is InChI=1S/C14H30N2O/c1-4-13(7-9-15)6-5-10-16(3)14-8-11-17-12(14)2/h12-14H,4-11,15H2,1-3H3. The summed E-state index contributed by atoms with van der Waals surface area (Å²) in [4.78, 5) is 2.48. The van der Waals surface area contributed by atoms with Crippen LogP contribution in [0.5, 0.6) is 0 Å². The lowest BCUT2D eigenvalue weighted by atomic mass is 9.96. The van der Waals surface area contributed by atoms with Crippen LogP contribution in [0.15, 0.2) is 0 Å². The number of hydrogen-bond acceptors (Lipinski definition) is 3. The monoisotopic (exact) mass is 242 g/mol. The predicted octanol–water partition coefficient (Wildman–Crippen LogP) is 2.25. The molecule has 1 saturated heterocycles. The smallest absolute Gasteiger partial charge is 0.0702 e. The molecule has 0 aromatic carbocycles. The summed E-state index contributed by atoms with van der Waals surface area (Å²) in [6.07, 6.45) is 6.66. The zero-order valence-electron chi connectivity index (χ0n) is 11.8. The molecule has 17 heavy (non-hydrogen) atoms. The summed E-state index contributed by atoms with van der Waals surface area (Å²) >= 11 is 0. The van der Waals surface area contributed by atoms with Crippen LogP contribution >= 0.6 is 0 Å². The number of likely N-dealkylation sites (N-methyl/N-ethyl adjacent to an activating group) is 1. The molecule has 0 bridgehead atoms. The molecule has 0 radical (unpaired) electrons. The van der Waals surface area contributed by atoms with E-state index in [1.807, 2.05) is 0 Å². The van der Waals surface area contributed by atoms with E-state index in [1.54, 1.807) is 0 Å². The van der Waals surface area contributed by atoms with Gasteiger partial charge < -0.3 is 15.4 Å². The summed E-state index contributed by atoms with van der Waals surface area (Å²) in [6, 6.07) is 0.629. The minimum Gasteiger partial charge on any atom is -0.377 e. The Labute approximate surface area is 107 Å². The third-order valence-electron chi connectivity index (χ3n) is 4.18. The van der Waals surface area contributed by atoms with Crippen molar-refractivity contribution in [3.63, 3.8) is 0 Å². The van der Waals surface area contributed by atoms with Crippen molar-refractivity contribution in [1.29, 1.82) is 0 Å². The Morgan fingerprint density at radius 2 is 2.18 bits per heavy atom. The Hall–Kier alpha value is -0.120. The molecule has 1 heterocycles. The van der Waals surface area contributed by atoms with Gasteiger partial charge in [-0.3, -0.25) is 0 Å². The first-order valence-electron chi connectivity index (χ1n) is 7.21. The van der Waals surface area contributed by atoms with Crippen LogP contribution in [0.4, 0.5) is 0 Å². The van der Waals surface area contributed by atoms with Gasteiger partial charge in [-0.15, -0.1) is 0 Å². The van der Waals surface area contributed by atoms with Gasteiger partial charge in [-0.1, -0.05) is 13.3 Å². The van der Waals surface area contributed by atoms with Gasteiger partial charge in [0.05, 0.1) is 6.10 Å². The highest BCUT2D eigenvalue weighted by atomic mass is 16.5. The summed E-state index contributed by atoms with van der Waals surface area (Å²) < 4.78 is 5.62. The molecule has 3 heteroatoms. The van der Waals surface area contributed by atoms with Crippen molar-refractivity contribution in [3.05, 3.63) is 0 Å². The maximum absolute atomic E-state index is 5.63. The van der Waals surface area contributed by atoms with E-state index in [-0.39, 0.29) is 0 Å². The van der Waals surface area contributed by atoms with Crippen LogP contribution < -0.4 is 5.73 Å². The van der Waals surface area contributed by atoms with Gasteiger partial charge >= 0.3 is 0 Å². The van der Waals surface area contributed by atoms with Crippen LogP contribution in [0.1, 0.15) is 46.0 Å². The molecule has 0 aromatic rings. The molecule has 0 spiro atoms. The molecular weight excluding hydrogens is 212 g/mol. The van der Waals surface area contributed by atoms with E-state index in [2.05, 4.69) is 25.8 Å². The molecule has 0 amide bonds. The molecule has 1 aliphatic heterocycles. The van der Waals surface area contributed by atoms with Gasteiger partial charge in [0, 0.05) is 12.6 Å². The fourth-order valence-electron chi connectivity index (χ4n) is 2.88. The topological polar surface area (TPSA) is 38.5 Å². The second-order valence-electron chi connectivity index (χ2n) is 5.41. The highest BCUT2D eigenvalue weighted by molar-refractivity contribution is 4.80. The first kappa shape index (κ1) is 14.9. The lowest BCUT2D eigenvalue weighted by molar-refractivity contribution is 0.0827. The Bertz CT molecular complexity index is 199. The second kappa shape index (κ2) is 8.06. The van der Waals surface area contributed by atoms with Crippen LogP contribution in [-0.2, 0) is 4.74 Å². The Kier molecular flexibility index (Phi) is 7.09. The minimum absolute atomic E-state index is 0.408. The van der Waals surface area contributed by atoms with Crippen LogP contribution in [0.3, 0.4) is 0 Å². The molecule has 3 atom stereocenters. The van der Waals surface area contributed by atoms with Crippen molar-refractivity contribution in [3.8, 4) is 0 Å². The third kappa shape index (κ3) is 4.94. The van der Waals surface area contributed by atoms with E-state index >= 15 is 0 Å². The Balaban J connectivity index is 2.16. The quantitative estimate of drug-likeness (QED) is 0.709. The van der Waals surface area contributed by atoms with Gasteiger partial charge in [-0.05, 0) is 58.7 Å². The molecule has 3 nitrogen and oxygen atoms in total. The summed E-state index contributed by atoms with van der Waals surface area (Å²) in [5.41, 5.74) is 5.63. The molecule has 0 aliphatic carbocycles. The van der Waals surface area contributed by atoms with Gasteiger partial charge in [-0.25, -0.2) is 0 Å². The van der Waals surface area contributed by atoms with Crippen molar-refractivity contribution in [2.24, 2.45) is 11.7 Å². The Morgan fingerprint density at radius 3 is 2.71 bits per heavy atom. The molecule has 0 saturated carbocycles. The molecule has 2 N–H and O–H groups in total. The number of hydrogen-bond donors (Lipinski definition) is 1. The summed E-state index contributed by atoms with van der Waals surface area (Å²) in [6.45, 7) is 7.43. The largest absolute Gasteiger partial charge is 0.377 e. The molecular formula is C14H30N2O. The lowest BCUT2D eigenvalue weighted by Crippen LogP contribution is -2.37. The van der Waals surface area contributed by atoms with Gasteiger partial charge in [0.2, 0.25) is 0 Å². The van der Waals surface area contributed by atoms with Crippen molar-refractivity contribution in [2.75, 3.05) is 26.7 Å². The van der Waals surface area contributed by atoms with E-state index in [0.29, 0.717) is 12.1 Å². The molecule has 3 unspecified atom stereocenters. The van der Waals surface area contributed by atoms with Crippen LogP contribution in [-0.4, -0.2) is 43.8 Å². The minimum atomic E-state index is 0.408. The highest BCUT2D eigenvalue weighted by Crippen LogP contribution is 2.20. The molecule has 1 fully saturated rings. The van der Waals surface area contributed by atoms with Crippen molar-refractivity contribution < 1.29 is 4.74 Å². The fourth-order valence-corrected chi connectivity index (χ4v) is 2.88. The SMILES string of the molecule is CCC(CCN)CCCN(C)C1CCOC1C. The van der Waals surface area contributed by atoms with Gasteiger partial charge in [0.15, 0.2) is 0 Å². The lowest BCUT2D eigenvalue weighted by Gasteiger charge is -2.27. The molecule has 0 aromatic heterocycles. The average molecular weight is 242 g/mol. The maximum atomic E-state index is 5.63. The van der Waals surface area contributed by atoms with E-state index in [1.165, 1.54) is 38.6 Å². The maximum Gasteiger partial charge on any atom is 0.0702 e. The van der Waals surface area contributed by atoms with Gasteiger partial charge in [0.25, 0.3) is 0 Å². The van der Waals surface area contributed by atoms with Crippen molar-refractivity contribution in [1.82, 2.24) is 4.90 Å². The summed E-state index contributed by atoms with van der Waals surface area (Å²) in [5.74, 6) is 0.825. The zero-order chi connectivity index (χ0) is 12.7. The van der Waals surface area contributed by atoms with E-state index in [0.717, 1.165) is 19.1 Å². The van der Waals surface area contributed by atoms with Gasteiger partial charge in [-0.2, -0.15) is 0 Å². The number of ether oxygens (including phenoxy) is 1. The van der Waals surface area contributed by atoms with Gasteiger partial charge in [0.1, 0.15) is 0 Å². The number of nitrogens with two attached hydrogens (primary N) is 1.